The van der Waals surface area contributed by atoms with E-state index in [4.69, 9.17) is 4.74 Å². The minimum absolute atomic E-state index is 0.0477. The second-order valence-electron chi connectivity index (χ2n) is 4.46. The van der Waals surface area contributed by atoms with E-state index in [1.54, 1.807) is 7.11 Å². The van der Waals surface area contributed by atoms with Crippen molar-refractivity contribution in [2.45, 2.75) is 13.0 Å². The van der Waals surface area contributed by atoms with Crippen molar-refractivity contribution in [2.24, 2.45) is 0 Å². The van der Waals surface area contributed by atoms with Crippen LogP contribution in [0.1, 0.15) is 6.92 Å². The third-order valence-corrected chi connectivity index (χ3v) is 3.00. The molecule has 1 saturated heterocycles. The minimum atomic E-state index is -0.0477. The lowest BCUT2D eigenvalue weighted by molar-refractivity contribution is 0.192. The van der Waals surface area contributed by atoms with Crippen LogP contribution in [0.3, 0.4) is 0 Å². The lowest BCUT2D eigenvalue weighted by Crippen LogP contribution is -2.52. The zero-order valence-corrected chi connectivity index (χ0v) is 10.8. The molecule has 0 radical (unpaired) electrons. The molecule has 0 bridgehead atoms. The van der Waals surface area contributed by atoms with E-state index >= 15 is 0 Å². The molecule has 1 fully saturated rings. The molecule has 2 N–H and O–H groups in total. The number of amides is 2. The molecule has 1 aromatic carbocycles. The van der Waals surface area contributed by atoms with Gasteiger partial charge in [-0.25, -0.2) is 4.79 Å². The molecule has 0 saturated carbocycles. The van der Waals surface area contributed by atoms with Crippen LogP contribution in [0.5, 0.6) is 5.75 Å². The summed E-state index contributed by atoms with van der Waals surface area (Å²) in [5, 5.41) is 6.19. The van der Waals surface area contributed by atoms with Crippen LogP contribution in [0.15, 0.2) is 24.3 Å². The van der Waals surface area contributed by atoms with E-state index in [-0.39, 0.29) is 6.03 Å². The molecule has 5 heteroatoms. The van der Waals surface area contributed by atoms with Crippen molar-refractivity contribution in [3.63, 3.8) is 0 Å². The third-order valence-electron chi connectivity index (χ3n) is 3.00. The van der Waals surface area contributed by atoms with Crippen molar-refractivity contribution >= 4 is 11.7 Å². The Bertz CT molecular complexity index is 405. The van der Waals surface area contributed by atoms with Gasteiger partial charge in [0, 0.05) is 31.4 Å². The van der Waals surface area contributed by atoms with E-state index in [1.807, 2.05) is 29.2 Å². The normalized spacial score (nSPS) is 19.4. The standard InChI is InChI=1S/C13H19N3O2/c1-10-9-16(8-7-14-10)13(17)15-11-3-5-12(18-2)6-4-11/h3-6,10,14H,7-9H2,1-2H3,(H,15,17)/t10-/m0/s1. The highest BCUT2D eigenvalue weighted by Crippen LogP contribution is 2.15. The fourth-order valence-corrected chi connectivity index (χ4v) is 1.99. The molecule has 0 aromatic heterocycles. The number of carbonyl (C=O) groups is 1. The van der Waals surface area contributed by atoms with Crippen LogP contribution in [-0.4, -0.2) is 43.7 Å². The molecule has 1 heterocycles. The number of nitrogens with one attached hydrogen (secondary N) is 2. The summed E-state index contributed by atoms with van der Waals surface area (Å²) < 4.78 is 5.07. The number of nitrogens with zero attached hydrogens (tertiary/aromatic N) is 1. The molecule has 98 valence electrons. The molecule has 2 amide bonds. The van der Waals surface area contributed by atoms with Crippen molar-refractivity contribution in [3.05, 3.63) is 24.3 Å². The fraction of sp³-hybridized carbons (Fsp3) is 0.462. The van der Waals surface area contributed by atoms with Gasteiger partial charge in [0.1, 0.15) is 5.75 Å². The van der Waals surface area contributed by atoms with Crippen molar-refractivity contribution in [1.29, 1.82) is 0 Å². The highest BCUT2D eigenvalue weighted by Gasteiger charge is 2.20. The number of carbonyl (C=O) groups excluding carboxylic acids is 1. The summed E-state index contributed by atoms with van der Waals surface area (Å²) in [6, 6.07) is 7.63. The summed E-state index contributed by atoms with van der Waals surface area (Å²) >= 11 is 0. The largest absolute Gasteiger partial charge is 0.497 e. The van der Waals surface area contributed by atoms with Crippen LogP contribution < -0.4 is 15.4 Å². The maximum Gasteiger partial charge on any atom is 0.321 e. The Balaban J connectivity index is 1.93. The monoisotopic (exact) mass is 249 g/mol. The van der Waals surface area contributed by atoms with Crippen LogP contribution in [-0.2, 0) is 0 Å². The van der Waals surface area contributed by atoms with Gasteiger partial charge in [0.25, 0.3) is 0 Å². The quantitative estimate of drug-likeness (QED) is 0.835. The second kappa shape index (κ2) is 5.73. The molecule has 1 aromatic rings. The van der Waals surface area contributed by atoms with Crippen molar-refractivity contribution in [2.75, 3.05) is 32.1 Å². The number of urea groups is 1. The number of methoxy groups -OCH3 is 1. The van der Waals surface area contributed by atoms with Crippen LogP contribution in [0.25, 0.3) is 0 Å². The number of hydrogen-bond donors (Lipinski definition) is 2. The summed E-state index contributed by atoms with van der Waals surface area (Å²) in [6.45, 7) is 4.40. The number of benzene rings is 1. The van der Waals surface area contributed by atoms with E-state index in [0.717, 1.165) is 31.1 Å². The number of piperazine rings is 1. The van der Waals surface area contributed by atoms with Gasteiger partial charge >= 0.3 is 6.03 Å². The molecule has 0 unspecified atom stereocenters. The Labute approximate surface area is 107 Å². The summed E-state index contributed by atoms with van der Waals surface area (Å²) in [5.41, 5.74) is 0.784. The Kier molecular flexibility index (Phi) is 4.04. The number of hydrogen-bond acceptors (Lipinski definition) is 3. The first-order valence-electron chi connectivity index (χ1n) is 6.12. The molecule has 0 spiro atoms. The molecule has 2 rings (SSSR count). The lowest BCUT2D eigenvalue weighted by atomic mass is 10.2. The van der Waals surface area contributed by atoms with Crippen LogP contribution in [0.2, 0.25) is 0 Å². The average Bonchev–Trinajstić information content (AvgIpc) is 2.39. The first kappa shape index (κ1) is 12.7. The van der Waals surface area contributed by atoms with Crippen LogP contribution in [0.4, 0.5) is 10.5 Å². The summed E-state index contributed by atoms with van der Waals surface area (Å²) in [4.78, 5) is 13.8. The van der Waals surface area contributed by atoms with E-state index in [0.29, 0.717) is 6.04 Å². The second-order valence-corrected chi connectivity index (χ2v) is 4.46. The van der Waals surface area contributed by atoms with Gasteiger partial charge in [-0.3, -0.25) is 0 Å². The number of ether oxygens (including phenoxy) is 1. The number of rotatable bonds is 2. The Morgan fingerprint density at radius 2 is 2.17 bits per heavy atom. The Morgan fingerprint density at radius 1 is 1.44 bits per heavy atom. The van der Waals surface area contributed by atoms with E-state index in [1.165, 1.54) is 0 Å². The van der Waals surface area contributed by atoms with Crippen molar-refractivity contribution in [3.8, 4) is 5.75 Å². The van der Waals surface area contributed by atoms with Gasteiger partial charge in [0.15, 0.2) is 0 Å². The lowest BCUT2D eigenvalue weighted by Gasteiger charge is -2.31. The molecule has 1 atom stereocenters. The third kappa shape index (κ3) is 3.13. The molecule has 1 aliphatic rings. The summed E-state index contributed by atoms with van der Waals surface area (Å²) in [7, 11) is 1.62. The maximum absolute atomic E-state index is 12.0. The average molecular weight is 249 g/mol. The topological polar surface area (TPSA) is 53.6 Å². The van der Waals surface area contributed by atoms with Gasteiger partial charge in [-0.2, -0.15) is 0 Å². The molecule has 1 aliphatic heterocycles. The Hall–Kier alpha value is -1.75. The zero-order valence-electron chi connectivity index (χ0n) is 10.8. The minimum Gasteiger partial charge on any atom is -0.497 e. The zero-order chi connectivity index (χ0) is 13.0. The first-order chi connectivity index (χ1) is 8.69. The molecule has 0 aliphatic carbocycles. The molecule has 18 heavy (non-hydrogen) atoms. The smallest absolute Gasteiger partial charge is 0.321 e. The predicted molar refractivity (Wildman–Crippen MR) is 71.1 cm³/mol. The maximum atomic E-state index is 12.0. The van der Waals surface area contributed by atoms with Crippen LogP contribution >= 0.6 is 0 Å². The van der Waals surface area contributed by atoms with Gasteiger partial charge in [-0.05, 0) is 31.2 Å². The summed E-state index contributed by atoms with van der Waals surface area (Å²) in [5.74, 6) is 0.781. The van der Waals surface area contributed by atoms with Gasteiger partial charge in [-0.15, -0.1) is 0 Å². The molecular formula is C13H19N3O2. The van der Waals surface area contributed by atoms with Crippen LogP contribution in [0, 0.1) is 0 Å². The Morgan fingerprint density at radius 3 is 2.78 bits per heavy atom. The SMILES string of the molecule is COc1ccc(NC(=O)N2CCN[C@@H](C)C2)cc1. The van der Waals surface area contributed by atoms with E-state index in [9.17, 15) is 4.79 Å². The van der Waals surface area contributed by atoms with E-state index < -0.39 is 0 Å². The van der Waals surface area contributed by atoms with Gasteiger partial charge < -0.3 is 20.3 Å². The number of anilines is 1. The summed E-state index contributed by atoms with van der Waals surface area (Å²) in [6.07, 6.45) is 0. The first-order valence-corrected chi connectivity index (χ1v) is 6.12. The highest BCUT2D eigenvalue weighted by molar-refractivity contribution is 5.89. The van der Waals surface area contributed by atoms with Crippen molar-refractivity contribution < 1.29 is 9.53 Å². The molecular weight excluding hydrogens is 230 g/mol. The van der Waals surface area contributed by atoms with Gasteiger partial charge in [0.05, 0.1) is 7.11 Å². The predicted octanol–water partition coefficient (Wildman–Crippen LogP) is 1.52. The van der Waals surface area contributed by atoms with Gasteiger partial charge in [-0.1, -0.05) is 0 Å². The highest BCUT2D eigenvalue weighted by atomic mass is 16.5. The van der Waals surface area contributed by atoms with Gasteiger partial charge in [0.2, 0.25) is 0 Å². The van der Waals surface area contributed by atoms with E-state index in [2.05, 4.69) is 17.6 Å². The fourth-order valence-electron chi connectivity index (χ4n) is 1.99. The molecule has 5 nitrogen and oxygen atoms in total. The van der Waals surface area contributed by atoms with Crippen molar-refractivity contribution in [1.82, 2.24) is 10.2 Å².